The van der Waals surface area contributed by atoms with Gasteiger partial charge in [0.15, 0.2) is 0 Å². The lowest BCUT2D eigenvalue weighted by molar-refractivity contribution is 0.0740. The summed E-state index contributed by atoms with van der Waals surface area (Å²) in [5.41, 5.74) is 0.447. The quantitative estimate of drug-likeness (QED) is 0.705. The molecule has 86 valence electrons. The van der Waals surface area contributed by atoms with E-state index in [1.165, 1.54) is 19.3 Å². The van der Waals surface area contributed by atoms with Crippen LogP contribution in [0.3, 0.4) is 0 Å². The third kappa shape index (κ3) is 3.39. The molecule has 0 unspecified atom stereocenters. The van der Waals surface area contributed by atoms with Crippen LogP contribution in [0, 0.1) is 16.7 Å². The molecular weight excluding hydrogens is 204 g/mol. The maximum atomic E-state index is 8.63. The van der Waals surface area contributed by atoms with Crippen molar-refractivity contribution in [3.8, 4) is 6.07 Å². The van der Waals surface area contributed by atoms with Crippen molar-refractivity contribution < 1.29 is 0 Å². The van der Waals surface area contributed by atoms with Crippen LogP contribution in [0.5, 0.6) is 0 Å². The van der Waals surface area contributed by atoms with Crippen molar-refractivity contribution >= 4 is 12.6 Å². The minimum absolute atomic E-state index is 0.447. The Morgan fingerprint density at radius 3 is 2.47 bits per heavy atom. The molecule has 15 heavy (non-hydrogen) atoms. The molecule has 3 heteroatoms. The van der Waals surface area contributed by atoms with Crippen molar-refractivity contribution in [2.75, 3.05) is 18.8 Å². The van der Waals surface area contributed by atoms with Gasteiger partial charge in [0.2, 0.25) is 0 Å². The van der Waals surface area contributed by atoms with Crippen LogP contribution in [0.4, 0.5) is 0 Å². The monoisotopic (exact) mass is 226 g/mol. The number of nitrogens with zero attached hydrogens (tertiary/aromatic N) is 2. The van der Waals surface area contributed by atoms with E-state index < -0.39 is 0 Å². The van der Waals surface area contributed by atoms with Crippen LogP contribution in [0.15, 0.2) is 0 Å². The molecule has 0 aromatic carbocycles. The molecule has 1 aliphatic rings. The zero-order valence-corrected chi connectivity index (χ0v) is 10.8. The van der Waals surface area contributed by atoms with Crippen LogP contribution in [-0.4, -0.2) is 29.8 Å². The molecule has 0 amide bonds. The largest absolute Gasteiger partial charge is 0.299 e. The Labute approximate surface area is 99.1 Å². The van der Waals surface area contributed by atoms with E-state index in [1.54, 1.807) is 0 Å². The highest BCUT2D eigenvalue weighted by Gasteiger charge is 2.37. The summed E-state index contributed by atoms with van der Waals surface area (Å²) in [5.74, 6) is 0.989. The Balaban J connectivity index is 2.46. The third-order valence-electron chi connectivity index (χ3n) is 3.53. The van der Waals surface area contributed by atoms with Crippen molar-refractivity contribution in [2.24, 2.45) is 5.41 Å². The second-order valence-corrected chi connectivity index (χ2v) is 5.30. The lowest BCUT2D eigenvalue weighted by Gasteiger charge is -2.45. The van der Waals surface area contributed by atoms with E-state index in [2.05, 4.69) is 37.4 Å². The van der Waals surface area contributed by atoms with Crippen LogP contribution in [-0.2, 0) is 0 Å². The predicted molar refractivity (Wildman–Crippen MR) is 67.1 cm³/mol. The van der Waals surface area contributed by atoms with Gasteiger partial charge in [-0.3, -0.25) is 4.90 Å². The molecule has 0 heterocycles. The number of thiol groups is 1. The highest BCUT2D eigenvalue weighted by Crippen LogP contribution is 2.42. The van der Waals surface area contributed by atoms with Gasteiger partial charge >= 0.3 is 0 Å². The molecule has 1 aliphatic carbocycles. The molecule has 1 rings (SSSR count). The maximum Gasteiger partial charge on any atom is 0.0635 e. The SMILES string of the molecule is CC(C)N(CCC#N)CC1(CS)CCC1. The van der Waals surface area contributed by atoms with Gasteiger partial charge in [0.05, 0.1) is 6.07 Å². The van der Waals surface area contributed by atoms with Gasteiger partial charge in [0.1, 0.15) is 0 Å². The zero-order chi connectivity index (χ0) is 11.3. The summed E-state index contributed by atoms with van der Waals surface area (Å²) in [4.78, 5) is 2.43. The van der Waals surface area contributed by atoms with Gasteiger partial charge in [-0.1, -0.05) is 6.42 Å². The summed E-state index contributed by atoms with van der Waals surface area (Å²) in [7, 11) is 0. The van der Waals surface area contributed by atoms with E-state index in [4.69, 9.17) is 5.26 Å². The molecule has 2 nitrogen and oxygen atoms in total. The minimum atomic E-state index is 0.447. The molecule has 0 N–H and O–H groups in total. The second-order valence-electron chi connectivity index (χ2n) is 4.98. The van der Waals surface area contributed by atoms with Crippen molar-refractivity contribution in [1.29, 1.82) is 5.26 Å². The van der Waals surface area contributed by atoms with Gasteiger partial charge in [-0.25, -0.2) is 0 Å². The van der Waals surface area contributed by atoms with E-state index >= 15 is 0 Å². The highest BCUT2D eigenvalue weighted by molar-refractivity contribution is 7.80. The average molecular weight is 226 g/mol. The van der Waals surface area contributed by atoms with E-state index in [9.17, 15) is 0 Å². The zero-order valence-electron chi connectivity index (χ0n) is 9.87. The van der Waals surface area contributed by atoms with Gasteiger partial charge in [-0.05, 0) is 37.9 Å². The topological polar surface area (TPSA) is 27.0 Å². The number of rotatable bonds is 6. The minimum Gasteiger partial charge on any atom is -0.299 e. The molecule has 0 bridgehead atoms. The first-order valence-electron chi connectivity index (χ1n) is 5.85. The lowest BCUT2D eigenvalue weighted by atomic mass is 9.70. The molecule has 0 saturated heterocycles. The first kappa shape index (κ1) is 12.9. The maximum absolute atomic E-state index is 8.63. The molecule has 0 radical (unpaired) electrons. The number of nitriles is 1. The van der Waals surface area contributed by atoms with E-state index in [-0.39, 0.29) is 0 Å². The first-order chi connectivity index (χ1) is 7.13. The van der Waals surface area contributed by atoms with E-state index in [1.807, 2.05) is 0 Å². The van der Waals surface area contributed by atoms with Crippen molar-refractivity contribution in [3.05, 3.63) is 0 Å². The summed E-state index contributed by atoms with van der Waals surface area (Å²) < 4.78 is 0. The molecule has 1 fully saturated rings. The van der Waals surface area contributed by atoms with Gasteiger partial charge < -0.3 is 0 Å². The van der Waals surface area contributed by atoms with Crippen LogP contribution in [0.25, 0.3) is 0 Å². The number of hydrogen-bond donors (Lipinski definition) is 1. The Kier molecular flexibility index (Phi) is 4.95. The van der Waals surface area contributed by atoms with Crippen molar-refractivity contribution in [2.45, 2.75) is 45.6 Å². The Morgan fingerprint density at radius 2 is 2.13 bits per heavy atom. The standard InChI is InChI=1S/C12H22N2S/c1-11(2)14(8-4-7-13)9-12(10-15)5-3-6-12/h11,15H,3-6,8-10H2,1-2H3. The predicted octanol–water partition coefficient (Wildman–Crippen LogP) is 2.71. The molecule has 0 aromatic heterocycles. The summed E-state index contributed by atoms with van der Waals surface area (Å²) in [6.07, 6.45) is 4.62. The van der Waals surface area contributed by atoms with Gasteiger partial charge in [0.25, 0.3) is 0 Å². The third-order valence-corrected chi connectivity index (χ3v) is 4.20. The van der Waals surface area contributed by atoms with Gasteiger partial charge in [-0.15, -0.1) is 0 Å². The Bertz CT molecular complexity index is 223. The summed E-state index contributed by atoms with van der Waals surface area (Å²) in [5, 5.41) is 8.63. The fourth-order valence-corrected chi connectivity index (χ4v) is 2.60. The second kappa shape index (κ2) is 5.77. The van der Waals surface area contributed by atoms with E-state index in [0.29, 0.717) is 17.9 Å². The molecular formula is C12H22N2S. The summed E-state index contributed by atoms with van der Waals surface area (Å²) in [6, 6.07) is 2.77. The molecule has 0 atom stereocenters. The fourth-order valence-electron chi connectivity index (χ4n) is 2.19. The Morgan fingerprint density at radius 1 is 1.47 bits per heavy atom. The molecule has 0 aliphatic heterocycles. The first-order valence-corrected chi connectivity index (χ1v) is 6.49. The number of hydrogen-bond acceptors (Lipinski definition) is 3. The van der Waals surface area contributed by atoms with Gasteiger partial charge in [0, 0.05) is 25.6 Å². The fraction of sp³-hybridized carbons (Fsp3) is 0.917. The lowest BCUT2D eigenvalue weighted by Crippen LogP contribution is -2.46. The van der Waals surface area contributed by atoms with Crippen molar-refractivity contribution in [3.63, 3.8) is 0 Å². The van der Waals surface area contributed by atoms with Crippen LogP contribution >= 0.6 is 12.6 Å². The summed E-state index contributed by atoms with van der Waals surface area (Å²) in [6.45, 7) is 6.45. The van der Waals surface area contributed by atoms with Crippen molar-refractivity contribution in [1.82, 2.24) is 4.90 Å². The van der Waals surface area contributed by atoms with Crippen LogP contribution in [0.2, 0.25) is 0 Å². The molecule has 1 saturated carbocycles. The van der Waals surface area contributed by atoms with E-state index in [0.717, 1.165) is 18.8 Å². The smallest absolute Gasteiger partial charge is 0.0635 e. The molecule has 0 aromatic rings. The summed E-state index contributed by atoms with van der Waals surface area (Å²) >= 11 is 4.47. The van der Waals surface area contributed by atoms with Gasteiger partial charge in [-0.2, -0.15) is 17.9 Å². The highest BCUT2D eigenvalue weighted by atomic mass is 32.1. The van der Waals surface area contributed by atoms with Crippen LogP contribution in [0.1, 0.15) is 39.5 Å². The van der Waals surface area contributed by atoms with Crippen LogP contribution < -0.4 is 0 Å². The Hall–Kier alpha value is -0.200. The average Bonchev–Trinajstić information content (AvgIpc) is 2.15. The molecule has 0 spiro atoms. The normalized spacial score (nSPS) is 18.9.